The lowest BCUT2D eigenvalue weighted by molar-refractivity contribution is -0.147. The highest BCUT2D eigenvalue weighted by Crippen LogP contribution is 2.35. The van der Waals surface area contributed by atoms with Crippen molar-refractivity contribution in [1.29, 1.82) is 0 Å². The summed E-state index contributed by atoms with van der Waals surface area (Å²) in [6.45, 7) is 1.48. The molecule has 3 rings (SSSR count). The Labute approximate surface area is 142 Å². The van der Waals surface area contributed by atoms with Crippen molar-refractivity contribution in [3.8, 4) is 0 Å². The number of fused-ring (bicyclic) bond motifs is 1. The van der Waals surface area contributed by atoms with Gasteiger partial charge < -0.3 is 0 Å². The molecule has 0 unspecified atom stereocenters. The highest BCUT2D eigenvalue weighted by Gasteiger charge is 2.50. The highest BCUT2D eigenvalue weighted by atomic mass is 32.1. The molecule has 1 fully saturated rings. The van der Waals surface area contributed by atoms with Gasteiger partial charge in [0.1, 0.15) is 6.04 Å². The predicted molar refractivity (Wildman–Crippen MR) is 86.6 cm³/mol. The Morgan fingerprint density at radius 1 is 1.17 bits per heavy atom. The van der Waals surface area contributed by atoms with Crippen molar-refractivity contribution in [1.82, 2.24) is 15.8 Å². The van der Waals surface area contributed by atoms with Gasteiger partial charge in [-0.25, -0.2) is 0 Å². The summed E-state index contributed by atoms with van der Waals surface area (Å²) in [5.41, 5.74) is 4.57. The van der Waals surface area contributed by atoms with Crippen LogP contribution >= 0.6 is 11.3 Å². The van der Waals surface area contributed by atoms with Gasteiger partial charge in [-0.2, -0.15) is 0 Å². The smallest absolute Gasteiger partial charge is 0.274 e. The van der Waals surface area contributed by atoms with Crippen LogP contribution in [0.4, 0.5) is 0 Å². The number of nitrogens with zero attached hydrogens (tertiary/aromatic N) is 1. The second kappa shape index (κ2) is 6.56. The van der Waals surface area contributed by atoms with Crippen molar-refractivity contribution in [2.45, 2.75) is 25.8 Å². The first kappa shape index (κ1) is 16.4. The molecule has 0 bridgehead atoms. The van der Waals surface area contributed by atoms with Crippen LogP contribution in [-0.2, 0) is 14.4 Å². The first-order valence-electron chi connectivity index (χ1n) is 7.66. The summed E-state index contributed by atoms with van der Waals surface area (Å²) >= 11 is 1.24. The van der Waals surface area contributed by atoms with Crippen molar-refractivity contribution in [2.75, 3.05) is 0 Å². The standard InChI is InChI=1S/C16H17N3O4S/c1-9(13(20)17-18-14(21)12-7-4-8-24-12)19-15(22)10-5-2-3-6-11(10)16(19)23/h2-4,7-11H,5-6H2,1H3,(H,17,20)(H,18,21)/t9-,10+,11+/m0/s1. The fourth-order valence-corrected chi connectivity index (χ4v) is 3.64. The second-order valence-electron chi connectivity index (χ2n) is 5.80. The number of rotatable bonds is 3. The van der Waals surface area contributed by atoms with Gasteiger partial charge in [-0.3, -0.25) is 34.9 Å². The number of hydrogen-bond acceptors (Lipinski definition) is 5. The van der Waals surface area contributed by atoms with E-state index in [1.807, 2.05) is 12.2 Å². The zero-order valence-electron chi connectivity index (χ0n) is 13.0. The number of nitrogens with one attached hydrogen (secondary N) is 2. The fraction of sp³-hybridized carbons (Fsp3) is 0.375. The third kappa shape index (κ3) is 2.84. The molecule has 8 heteroatoms. The van der Waals surface area contributed by atoms with E-state index in [-0.39, 0.29) is 23.7 Å². The lowest BCUT2D eigenvalue weighted by Crippen LogP contribution is -2.53. The van der Waals surface area contributed by atoms with Gasteiger partial charge in [-0.1, -0.05) is 18.2 Å². The Balaban J connectivity index is 1.62. The van der Waals surface area contributed by atoms with Gasteiger partial charge in [0, 0.05) is 0 Å². The van der Waals surface area contributed by atoms with Crippen molar-refractivity contribution < 1.29 is 19.2 Å². The average Bonchev–Trinajstić information content (AvgIpc) is 3.20. The molecule has 1 aromatic heterocycles. The number of carbonyl (C=O) groups is 4. The second-order valence-corrected chi connectivity index (χ2v) is 6.75. The van der Waals surface area contributed by atoms with Crippen LogP contribution in [0.15, 0.2) is 29.7 Å². The molecular weight excluding hydrogens is 330 g/mol. The van der Waals surface area contributed by atoms with Gasteiger partial charge in [-0.05, 0) is 31.2 Å². The number of amides is 4. The summed E-state index contributed by atoms with van der Waals surface area (Å²) in [7, 11) is 0. The van der Waals surface area contributed by atoms with Crippen LogP contribution in [0.5, 0.6) is 0 Å². The predicted octanol–water partition coefficient (Wildman–Crippen LogP) is 0.849. The molecule has 2 aliphatic rings. The van der Waals surface area contributed by atoms with Crippen molar-refractivity contribution in [3.05, 3.63) is 34.5 Å². The number of carbonyl (C=O) groups excluding carboxylic acids is 4. The van der Waals surface area contributed by atoms with E-state index in [2.05, 4.69) is 10.9 Å². The molecular formula is C16H17N3O4S. The zero-order chi connectivity index (χ0) is 17.3. The maximum absolute atomic E-state index is 12.4. The molecule has 1 aliphatic carbocycles. The van der Waals surface area contributed by atoms with Gasteiger partial charge in [0.2, 0.25) is 11.8 Å². The summed E-state index contributed by atoms with van der Waals surface area (Å²) in [6, 6.07) is 2.38. The minimum atomic E-state index is -0.973. The Bertz CT molecular complexity index is 687. The molecule has 4 amide bonds. The van der Waals surface area contributed by atoms with Crippen LogP contribution in [0.25, 0.3) is 0 Å². The summed E-state index contributed by atoms with van der Waals surface area (Å²) < 4.78 is 0. The van der Waals surface area contributed by atoms with Crippen LogP contribution in [-0.4, -0.2) is 34.6 Å². The van der Waals surface area contributed by atoms with E-state index < -0.39 is 17.9 Å². The summed E-state index contributed by atoms with van der Waals surface area (Å²) in [4.78, 5) is 50.4. The van der Waals surface area contributed by atoms with Gasteiger partial charge in [0.05, 0.1) is 16.7 Å². The van der Waals surface area contributed by atoms with Crippen LogP contribution in [0.2, 0.25) is 0 Å². The van der Waals surface area contributed by atoms with E-state index in [9.17, 15) is 19.2 Å². The molecule has 1 aliphatic heterocycles. The van der Waals surface area contributed by atoms with Crippen molar-refractivity contribution in [2.24, 2.45) is 11.8 Å². The van der Waals surface area contributed by atoms with Crippen molar-refractivity contribution >= 4 is 35.0 Å². The van der Waals surface area contributed by atoms with Crippen LogP contribution < -0.4 is 10.9 Å². The maximum atomic E-state index is 12.4. The van der Waals surface area contributed by atoms with E-state index in [4.69, 9.17) is 0 Å². The quantitative estimate of drug-likeness (QED) is 0.481. The largest absolute Gasteiger partial charge is 0.279 e. The number of thiophene rings is 1. The van der Waals surface area contributed by atoms with E-state index in [1.54, 1.807) is 17.5 Å². The maximum Gasteiger partial charge on any atom is 0.279 e. The normalized spacial score (nSPS) is 23.8. The number of imide groups is 1. The van der Waals surface area contributed by atoms with Gasteiger partial charge in [0.25, 0.3) is 11.8 Å². The van der Waals surface area contributed by atoms with Crippen molar-refractivity contribution in [3.63, 3.8) is 0 Å². The highest BCUT2D eigenvalue weighted by molar-refractivity contribution is 7.12. The topological polar surface area (TPSA) is 95.6 Å². The Hall–Kier alpha value is -2.48. The molecule has 126 valence electrons. The monoisotopic (exact) mass is 347 g/mol. The van der Waals surface area contributed by atoms with Crippen LogP contribution in [0.3, 0.4) is 0 Å². The number of hydrogen-bond donors (Lipinski definition) is 2. The summed E-state index contributed by atoms with van der Waals surface area (Å²) in [5, 5.41) is 1.75. The first-order valence-corrected chi connectivity index (χ1v) is 8.54. The van der Waals surface area contributed by atoms with Gasteiger partial charge >= 0.3 is 0 Å². The third-order valence-electron chi connectivity index (χ3n) is 4.35. The molecule has 0 radical (unpaired) electrons. The lowest BCUT2D eigenvalue weighted by Gasteiger charge is -2.22. The third-order valence-corrected chi connectivity index (χ3v) is 5.22. The van der Waals surface area contributed by atoms with E-state index in [0.29, 0.717) is 17.7 Å². The SMILES string of the molecule is C[C@@H](C(=O)NNC(=O)c1cccs1)N1C(=O)[C@@H]2CC=CC[C@H]2C1=O. The number of allylic oxidation sites excluding steroid dienone is 2. The molecule has 2 N–H and O–H groups in total. The molecule has 7 nitrogen and oxygen atoms in total. The first-order chi connectivity index (χ1) is 11.5. The number of hydrazine groups is 1. The molecule has 0 spiro atoms. The molecule has 1 saturated heterocycles. The fourth-order valence-electron chi connectivity index (χ4n) is 3.02. The van der Waals surface area contributed by atoms with Crippen LogP contribution in [0, 0.1) is 11.8 Å². The Kier molecular flexibility index (Phi) is 4.48. The lowest BCUT2D eigenvalue weighted by atomic mass is 9.85. The summed E-state index contributed by atoms with van der Waals surface area (Å²) in [5.74, 6) is -2.43. The Morgan fingerprint density at radius 3 is 2.33 bits per heavy atom. The van der Waals surface area contributed by atoms with Crippen LogP contribution in [0.1, 0.15) is 29.4 Å². The minimum Gasteiger partial charge on any atom is -0.274 e. The van der Waals surface area contributed by atoms with E-state index in [0.717, 1.165) is 4.90 Å². The van der Waals surface area contributed by atoms with E-state index >= 15 is 0 Å². The number of likely N-dealkylation sites (tertiary alicyclic amines) is 1. The average molecular weight is 347 g/mol. The minimum absolute atomic E-state index is 0.318. The molecule has 0 aromatic carbocycles. The molecule has 3 atom stereocenters. The zero-order valence-corrected chi connectivity index (χ0v) is 13.8. The molecule has 24 heavy (non-hydrogen) atoms. The molecule has 2 heterocycles. The van der Waals surface area contributed by atoms with E-state index in [1.165, 1.54) is 18.3 Å². The van der Waals surface area contributed by atoms with Gasteiger partial charge in [-0.15, -0.1) is 11.3 Å². The molecule has 0 saturated carbocycles. The Morgan fingerprint density at radius 2 is 1.79 bits per heavy atom. The summed E-state index contributed by atoms with van der Waals surface area (Å²) in [6.07, 6.45) is 4.83. The molecule has 1 aromatic rings. The van der Waals surface area contributed by atoms with Gasteiger partial charge in [0.15, 0.2) is 0 Å².